The van der Waals surface area contributed by atoms with Crippen molar-refractivity contribution in [2.75, 3.05) is 13.1 Å². The van der Waals surface area contributed by atoms with Crippen LogP contribution in [0, 0.1) is 6.92 Å². The zero-order valence-corrected chi connectivity index (χ0v) is 15.4. The Morgan fingerprint density at radius 2 is 1.84 bits per heavy atom. The molecule has 0 spiro atoms. The number of amides is 1. The Kier molecular flexibility index (Phi) is 5.06. The lowest BCUT2D eigenvalue weighted by Gasteiger charge is -2.38. The van der Waals surface area contributed by atoms with E-state index in [1.807, 2.05) is 25.1 Å². The second kappa shape index (κ2) is 7.10. The number of thiophene rings is 1. The van der Waals surface area contributed by atoms with Crippen molar-refractivity contribution in [3.8, 4) is 0 Å². The van der Waals surface area contributed by atoms with E-state index >= 15 is 0 Å². The molecule has 0 radical (unpaired) electrons. The van der Waals surface area contributed by atoms with E-state index in [2.05, 4.69) is 6.07 Å². The van der Waals surface area contributed by atoms with Gasteiger partial charge in [-0.3, -0.25) is 9.59 Å². The summed E-state index contributed by atoms with van der Waals surface area (Å²) in [6.07, 6.45) is 1.75. The molecule has 25 heavy (non-hydrogen) atoms. The van der Waals surface area contributed by atoms with Crippen molar-refractivity contribution in [1.29, 1.82) is 0 Å². The Morgan fingerprint density at radius 1 is 1.16 bits per heavy atom. The fraction of sp³-hybridized carbons (Fsp3) is 0.400. The molecule has 3 rings (SSSR count). The van der Waals surface area contributed by atoms with E-state index in [9.17, 15) is 14.7 Å². The fourth-order valence-corrected chi connectivity index (χ4v) is 4.17. The third kappa shape index (κ3) is 4.17. The molecule has 1 aliphatic heterocycles. The van der Waals surface area contributed by atoms with Gasteiger partial charge < -0.3 is 10.0 Å². The highest BCUT2D eigenvalue weighted by molar-refractivity contribution is 7.15. The van der Waals surface area contributed by atoms with E-state index in [0.29, 0.717) is 42.1 Å². The first-order valence-corrected chi connectivity index (χ1v) is 9.36. The quantitative estimate of drug-likeness (QED) is 0.853. The summed E-state index contributed by atoms with van der Waals surface area (Å²) in [5.41, 5.74) is 1.56. The number of rotatable bonds is 4. The molecule has 4 nitrogen and oxygen atoms in total. The zero-order valence-electron chi connectivity index (χ0n) is 14.6. The number of nitrogens with zero attached hydrogens (tertiary/aromatic N) is 1. The summed E-state index contributed by atoms with van der Waals surface area (Å²) in [7, 11) is 0. The molecule has 0 aliphatic carbocycles. The van der Waals surface area contributed by atoms with Gasteiger partial charge in [0.2, 0.25) is 0 Å². The molecular weight excluding hydrogens is 334 g/mol. The highest BCUT2D eigenvalue weighted by atomic mass is 32.1. The summed E-state index contributed by atoms with van der Waals surface area (Å²) in [5, 5.41) is 10.9. The minimum Gasteiger partial charge on any atom is -0.389 e. The summed E-state index contributed by atoms with van der Waals surface area (Å²) >= 11 is 1.24. The van der Waals surface area contributed by atoms with Gasteiger partial charge >= 0.3 is 0 Å². The number of ketones is 1. The van der Waals surface area contributed by atoms with Gasteiger partial charge in [0, 0.05) is 19.5 Å². The first-order valence-electron chi connectivity index (χ1n) is 8.54. The lowest BCUT2D eigenvalue weighted by Crippen LogP contribution is -2.47. The number of Topliss-reactive ketones (excluding diaryl/α,β-unsaturated/α-hetero) is 1. The van der Waals surface area contributed by atoms with E-state index in [4.69, 9.17) is 0 Å². The number of likely N-dealkylation sites (tertiary alicyclic amines) is 1. The molecule has 1 aromatic carbocycles. The van der Waals surface area contributed by atoms with E-state index in [1.54, 1.807) is 17.0 Å². The summed E-state index contributed by atoms with van der Waals surface area (Å²) in [6.45, 7) is 4.63. The monoisotopic (exact) mass is 357 g/mol. The van der Waals surface area contributed by atoms with Crippen molar-refractivity contribution in [3.63, 3.8) is 0 Å². The van der Waals surface area contributed by atoms with Crippen molar-refractivity contribution in [3.05, 3.63) is 57.3 Å². The molecule has 0 bridgehead atoms. The highest BCUT2D eigenvalue weighted by Gasteiger charge is 2.34. The predicted molar refractivity (Wildman–Crippen MR) is 99.3 cm³/mol. The van der Waals surface area contributed by atoms with E-state index < -0.39 is 5.60 Å². The van der Waals surface area contributed by atoms with Crippen LogP contribution in [-0.4, -0.2) is 40.4 Å². The number of benzene rings is 1. The lowest BCUT2D eigenvalue weighted by atomic mass is 9.85. The first kappa shape index (κ1) is 17.8. The molecule has 1 aliphatic rings. The number of aliphatic hydroxyl groups is 1. The van der Waals surface area contributed by atoms with Gasteiger partial charge in [0.1, 0.15) is 0 Å². The molecule has 1 aromatic heterocycles. The van der Waals surface area contributed by atoms with Crippen LogP contribution in [0.5, 0.6) is 0 Å². The molecule has 0 saturated carbocycles. The Morgan fingerprint density at radius 3 is 2.44 bits per heavy atom. The number of aryl methyl sites for hydroxylation is 1. The molecule has 132 valence electrons. The van der Waals surface area contributed by atoms with Crippen molar-refractivity contribution >= 4 is 23.0 Å². The lowest BCUT2D eigenvalue weighted by molar-refractivity contribution is -0.0161. The maximum atomic E-state index is 12.6. The van der Waals surface area contributed by atoms with Crippen molar-refractivity contribution in [2.24, 2.45) is 0 Å². The van der Waals surface area contributed by atoms with Crippen LogP contribution in [0.4, 0.5) is 0 Å². The van der Waals surface area contributed by atoms with Gasteiger partial charge in [-0.15, -0.1) is 11.3 Å². The second-order valence-electron chi connectivity index (χ2n) is 6.90. The molecule has 1 N–H and O–H groups in total. The van der Waals surface area contributed by atoms with Gasteiger partial charge in [-0.1, -0.05) is 29.8 Å². The molecule has 0 unspecified atom stereocenters. The Balaban J connectivity index is 1.62. The molecular formula is C20H23NO3S. The normalized spacial score (nSPS) is 16.7. The molecule has 2 heterocycles. The molecule has 0 atom stereocenters. The van der Waals surface area contributed by atoms with Crippen LogP contribution in [-0.2, 0) is 6.42 Å². The molecule has 2 aromatic rings. The van der Waals surface area contributed by atoms with Crippen LogP contribution < -0.4 is 0 Å². The van der Waals surface area contributed by atoms with Gasteiger partial charge in [0.05, 0.1) is 15.4 Å². The second-order valence-corrected chi connectivity index (χ2v) is 7.99. The van der Waals surface area contributed by atoms with Gasteiger partial charge in [0.15, 0.2) is 5.78 Å². The Bertz CT molecular complexity index is 788. The predicted octanol–water partition coefficient (Wildman–Crippen LogP) is 3.47. The van der Waals surface area contributed by atoms with E-state index in [1.165, 1.54) is 23.8 Å². The zero-order chi connectivity index (χ0) is 18.0. The SMILES string of the molecule is CC(=O)c1ccc(C(=O)N2CCC(O)(Cc3cccc(C)c3)CC2)s1. The number of hydrogen-bond donors (Lipinski definition) is 1. The van der Waals surface area contributed by atoms with Crippen LogP contribution in [0.2, 0.25) is 0 Å². The molecule has 5 heteroatoms. The standard InChI is InChI=1S/C20H23NO3S/c1-14-4-3-5-16(12-14)13-20(24)8-10-21(11-9-20)19(23)18-7-6-17(25-18)15(2)22/h3-7,12,24H,8-11,13H2,1-2H3. The summed E-state index contributed by atoms with van der Waals surface area (Å²) in [6, 6.07) is 11.6. The number of carbonyl (C=O) groups is 2. The first-order chi connectivity index (χ1) is 11.9. The average Bonchev–Trinajstić information content (AvgIpc) is 3.05. The Hall–Kier alpha value is -1.98. The maximum Gasteiger partial charge on any atom is 0.263 e. The Labute approximate surface area is 152 Å². The van der Waals surface area contributed by atoms with E-state index in [0.717, 1.165) is 5.56 Å². The molecule has 1 amide bonds. The summed E-state index contributed by atoms with van der Waals surface area (Å²) < 4.78 is 0. The third-order valence-corrected chi connectivity index (χ3v) is 5.93. The van der Waals surface area contributed by atoms with Gasteiger partial charge in [-0.25, -0.2) is 0 Å². The van der Waals surface area contributed by atoms with Crippen molar-refractivity contribution in [1.82, 2.24) is 4.90 Å². The smallest absolute Gasteiger partial charge is 0.263 e. The average molecular weight is 357 g/mol. The summed E-state index contributed by atoms with van der Waals surface area (Å²) in [5.74, 6) is -0.0645. The van der Waals surface area contributed by atoms with Crippen LogP contribution in [0.25, 0.3) is 0 Å². The number of hydrogen-bond acceptors (Lipinski definition) is 4. The molecule has 1 fully saturated rings. The van der Waals surface area contributed by atoms with Crippen LogP contribution >= 0.6 is 11.3 Å². The minimum atomic E-state index is -0.759. The van der Waals surface area contributed by atoms with Crippen molar-refractivity contribution < 1.29 is 14.7 Å². The highest BCUT2D eigenvalue weighted by Crippen LogP contribution is 2.28. The van der Waals surface area contributed by atoms with Gasteiger partial charge in [-0.05, 0) is 44.4 Å². The largest absolute Gasteiger partial charge is 0.389 e. The topological polar surface area (TPSA) is 57.6 Å². The van der Waals surface area contributed by atoms with Gasteiger partial charge in [-0.2, -0.15) is 0 Å². The third-order valence-electron chi connectivity index (χ3n) is 4.76. The summed E-state index contributed by atoms with van der Waals surface area (Å²) in [4.78, 5) is 27.0. The van der Waals surface area contributed by atoms with E-state index in [-0.39, 0.29) is 11.7 Å². The van der Waals surface area contributed by atoms with Crippen LogP contribution in [0.3, 0.4) is 0 Å². The minimum absolute atomic E-state index is 0.0183. The molecule has 1 saturated heterocycles. The van der Waals surface area contributed by atoms with Crippen LogP contribution in [0.1, 0.15) is 50.2 Å². The number of piperidine rings is 1. The fourth-order valence-electron chi connectivity index (χ4n) is 3.30. The van der Waals surface area contributed by atoms with Crippen molar-refractivity contribution in [2.45, 2.75) is 38.7 Å². The number of carbonyl (C=O) groups excluding carboxylic acids is 2. The maximum absolute atomic E-state index is 12.6. The van der Waals surface area contributed by atoms with Gasteiger partial charge in [0.25, 0.3) is 5.91 Å². The van der Waals surface area contributed by atoms with Crippen LogP contribution in [0.15, 0.2) is 36.4 Å².